The number of hydrogen-bond acceptors (Lipinski definition) is 2. The molecule has 2 aromatic rings. The zero-order valence-corrected chi connectivity index (χ0v) is 13.3. The summed E-state index contributed by atoms with van der Waals surface area (Å²) >= 11 is 6.34. The minimum Gasteiger partial charge on any atom is -0.388 e. The van der Waals surface area contributed by atoms with Gasteiger partial charge in [-0.2, -0.15) is 5.10 Å². The largest absolute Gasteiger partial charge is 0.388 e. The van der Waals surface area contributed by atoms with E-state index in [1.807, 2.05) is 18.5 Å². The summed E-state index contributed by atoms with van der Waals surface area (Å²) in [7, 11) is 0. The van der Waals surface area contributed by atoms with Gasteiger partial charge in [0.25, 0.3) is 0 Å². The molecule has 0 fully saturated rings. The molecular formula is C16H20ClFN2O. The smallest absolute Gasteiger partial charge is 0.126 e. The Morgan fingerprint density at radius 1 is 1.38 bits per heavy atom. The predicted molar refractivity (Wildman–Crippen MR) is 82.1 cm³/mol. The molecular weight excluding hydrogens is 291 g/mol. The van der Waals surface area contributed by atoms with E-state index in [1.165, 1.54) is 6.07 Å². The van der Waals surface area contributed by atoms with Crippen LogP contribution in [-0.4, -0.2) is 14.9 Å². The summed E-state index contributed by atoms with van der Waals surface area (Å²) in [6, 6.07) is 4.65. The Kier molecular flexibility index (Phi) is 5.01. The number of rotatable bonds is 5. The van der Waals surface area contributed by atoms with Crippen LogP contribution in [0.2, 0.25) is 5.02 Å². The van der Waals surface area contributed by atoms with E-state index in [0.29, 0.717) is 29.1 Å². The van der Waals surface area contributed by atoms with Crippen molar-refractivity contribution in [1.29, 1.82) is 0 Å². The second-order valence-electron chi connectivity index (χ2n) is 5.11. The molecule has 1 aromatic carbocycles. The van der Waals surface area contributed by atoms with E-state index in [1.54, 1.807) is 19.1 Å². The van der Waals surface area contributed by atoms with Crippen LogP contribution in [0.3, 0.4) is 0 Å². The van der Waals surface area contributed by atoms with Gasteiger partial charge in [0.05, 0.1) is 22.5 Å². The Morgan fingerprint density at radius 3 is 2.67 bits per heavy atom. The van der Waals surface area contributed by atoms with E-state index in [0.717, 1.165) is 17.8 Å². The maximum atomic E-state index is 13.3. The summed E-state index contributed by atoms with van der Waals surface area (Å²) in [5.74, 6) is -0.268. The molecule has 0 aliphatic heterocycles. The predicted octanol–water partition coefficient (Wildman–Crippen LogP) is 3.84. The quantitative estimate of drug-likeness (QED) is 0.911. The Hall–Kier alpha value is -1.39. The van der Waals surface area contributed by atoms with Gasteiger partial charge in [-0.05, 0) is 37.5 Å². The zero-order chi connectivity index (χ0) is 15.6. The SMILES string of the molecule is CCc1nn(CC)c(CC(O)c2ccc(F)c(C)c2)c1Cl. The molecule has 0 saturated heterocycles. The molecule has 21 heavy (non-hydrogen) atoms. The number of aromatic nitrogens is 2. The highest BCUT2D eigenvalue weighted by Gasteiger charge is 2.19. The van der Waals surface area contributed by atoms with Gasteiger partial charge in [0.15, 0.2) is 0 Å². The van der Waals surface area contributed by atoms with Crippen molar-refractivity contribution < 1.29 is 9.50 Å². The first-order valence-corrected chi connectivity index (χ1v) is 7.53. The van der Waals surface area contributed by atoms with Crippen LogP contribution in [0, 0.1) is 12.7 Å². The lowest BCUT2D eigenvalue weighted by atomic mass is 10.0. The summed E-state index contributed by atoms with van der Waals surface area (Å²) in [5, 5.41) is 15.5. The maximum absolute atomic E-state index is 13.3. The summed E-state index contributed by atoms with van der Waals surface area (Å²) < 4.78 is 15.1. The number of aliphatic hydroxyl groups is 1. The second-order valence-corrected chi connectivity index (χ2v) is 5.48. The Bertz CT molecular complexity index is 639. The van der Waals surface area contributed by atoms with Crippen LogP contribution in [0.4, 0.5) is 4.39 Å². The average Bonchev–Trinajstić information content (AvgIpc) is 2.78. The first-order chi connectivity index (χ1) is 9.97. The molecule has 0 saturated carbocycles. The van der Waals surface area contributed by atoms with E-state index in [9.17, 15) is 9.50 Å². The molecule has 1 N–H and O–H groups in total. The molecule has 0 spiro atoms. The van der Waals surface area contributed by atoms with Gasteiger partial charge in [0, 0.05) is 13.0 Å². The Balaban J connectivity index is 2.28. The van der Waals surface area contributed by atoms with Crippen LogP contribution in [0.5, 0.6) is 0 Å². The third-order valence-electron chi connectivity index (χ3n) is 3.65. The minimum absolute atomic E-state index is 0.268. The molecule has 1 aromatic heterocycles. The van der Waals surface area contributed by atoms with E-state index in [4.69, 9.17) is 11.6 Å². The standard InChI is InChI=1S/C16H20ClFN2O/c1-4-13-16(17)14(20(5-2)19-13)9-15(21)11-6-7-12(18)10(3)8-11/h6-8,15,21H,4-5,9H2,1-3H3. The number of benzene rings is 1. The fraction of sp³-hybridized carbons (Fsp3) is 0.438. The molecule has 114 valence electrons. The van der Waals surface area contributed by atoms with Gasteiger partial charge in [0.1, 0.15) is 5.82 Å². The molecule has 3 nitrogen and oxygen atoms in total. The Labute approximate surface area is 129 Å². The van der Waals surface area contributed by atoms with Crippen LogP contribution < -0.4 is 0 Å². The molecule has 1 unspecified atom stereocenters. The molecule has 1 atom stereocenters. The van der Waals surface area contributed by atoms with E-state index < -0.39 is 6.10 Å². The van der Waals surface area contributed by atoms with Gasteiger partial charge in [-0.3, -0.25) is 4.68 Å². The third kappa shape index (κ3) is 3.27. The fourth-order valence-corrected chi connectivity index (χ4v) is 2.73. The monoisotopic (exact) mass is 310 g/mol. The lowest BCUT2D eigenvalue weighted by Gasteiger charge is -2.13. The normalized spacial score (nSPS) is 12.7. The molecule has 2 rings (SSSR count). The molecule has 0 amide bonds. The van der Waals surface area contributed by atoms with E-state index >= 15 is 0 Å². The Morgan fingerprint density at radius 2 is 2.10 bits per heavy atom. The topological polar surface area (TPSA) is 38.0 Å². The van der Waals surface area contributed by atoms with Crippen LogP contribution in [-0.2, 0) is 19.4 Å². The number of halogens is 2. The minimum atomic E-state index is -0.728. The highest BCUT2D eigenvalue weighted by atomic mass is 35.5. The first-order valence-electron chi connectivity index (χ1n) is 7.16. The number of nitrogens with zero attached hydrogens (tertiary/aromatic N) is 2. The molecule has 1 heterocycles. The molecule has 0 bridgehead atoms. The zero-order valence-electron chi connectivity index (χ0n) is 12.5. The maximum Gasteiger partial charge on any atom is 0.126 e. The van der Waals surface area contributed by atoms with Crippen LogP contribution in [0.15, 0.2) is 18.2 Å². The van der Waals surface area contributed by atoms with E-state index in [2.05, 4.69) is 5.10 Å². The lowest BCUT2D eigenvalue weighted by Crippen LogP contribution is -2.09. The van der Waals surface area contributed by atoms with Gasteiger partial charge in [-0.25, -0.2) is 4.39 Å². The third-order valence-corrected chi connectivity index (χ3v) is 4.08. The van der Waals surface area contributed by atoms with Gasteiger partial charge in [0.2, 0.25) is 0 Å². The van der Waals surface area contributed by atoms with Gasteiger partial charge < -0.3 is 5.11 Å². The van der Waals surface area contributed by atoms with Crippen molar-refractivity contribution in [2.45, 2.75) is 46.3 Å². The lowest BCUT2D eigenvalue weighted by molar-refractivity contribution is 0.175. The second kappa shape index (κ2) is 6.58. The van der Waals surface area contributed by atoms with Crippen molar-refractivity contribution in [1.82, 2.24) is 9.78 Å². The molecule has 5 heteroatoms. The summed E-state index contributed by atoms with van der Waals surface area (Å²) in [4.78, 5) is 0. The van der Waals surface area contributed by atoms with Gasteiger partial charge >= 0.3 is 0 Å². The number of aliphatic hydroxyl groups excluding tert-OH is 1. The summed E-state index contributed by atoms with van der Waals surface area (Å²) in [5.41, 5.74) is 2.88. The van der Waals surface area contributed by atoms with Crippen molar-refractivity contribution in [3.63, 3.8) is 0 Å². The van der Waals surface area contributed by atoms with Crippen molar-refractivity contribution >= 4 is 11.6 Å². The average molecular weight is 311 g/mol. The number of hydrogen-bond donors (Lipinski definition) is 1. The molecule has 0 aliphatic carbocycles. The van der Waals surface area contributed by atoms with Crippen LogP contribution in [0.25, 0.3) is 0 Å². The van der Waals surface area contributed by atoms with Crippen LogP contribution in [0.1, 0.15) is 42.5 Å². The van der Waals surface area contributed by atoms with Crippen molar-refractivity contribution in [3.05, 3.63) is 51.6 Å². The summed E-state index contributed by atoms with van der Waals surface area (Å²) in [6.07, 6.45) is 0.392. The highest BCUT2D eigenvalue weighted by molar-refractivity contribution is 6.31. The fourth-order valence-electron chi connectivity index (χ4n) is 2.39. The number of aryl methyl sites for hydroxylation is 3. The molecule has 0 aliphatic rings. The van der Waals surface area contributed by atoms with Crippen molar-refractivity contribution in [3.8, 4) is 0 Å². The van der Waals surface area contributed by atoms with Crippen LogP contribution >= 0.6 is 11.6 Å². The van der Waals surface area contributed by atoms with Gasteiger partial charge in [-0.15, -0.1) is 0 Å². The van der Waals surface area contributed by atoms with E-state index in [-0.39, 0.29) is 5.82 Å². The molecule has 0 radical (unpaired) electrons. The summed E-state index contributed by atoms with van der Waals surface area (Å²) in [6.45, 7) is 6.37. The first kappa shape index (κ1) is 16.0. The highest BCUT2D eigenvalue weighted by Crippen LogP contribution is 2.27. The van der Waals surface area contributed by atoms with Crippen molar-refractivity contribution in [2.75, 3.05) is 0 Å². The van der Waals surface area contributed by atoms with Crippen molar-refractivity contribution in [2.24, 2.45) is 0 Å². The van der Waals surface area contributed by atoms with Gasteiger partial charge in [-0.1, -0.05) is 30.7 Å².